The topological polar surface area (TPSA) is 227 Å². The van der Waals surface area contributed by atoms with Crippen LogP contribution in [0.4, 0.5) is 0 Å². The summed E-state index contributed by atoms with van der Waals surface area (Å²) >= 11 is 0. The van der Waals surface area contributed by atoms with E-state index in [2.05, 4.69) is 0 Å². The predicted molar refractivity (Wildman–Crippen MR) is 108 cm³/mol. The van der Waals surface area contributed by atoms with Crippen LogP contribution in [-0.2, 0) is 19.0 Å². The van der Waals surface area contributed by atoms with Crippen molar-refractivity contribution in [2.45, 2.75) is 93.0 Å². The summed E-state index contributed by atoms with van der Waals surface area (Å²) in [6, 6.07) is 0. The zero-order chi connectivity index (χ0) is 24.9. The van der Waals surface area contributed by atoms with Crippen LogP contribution >= 0.6 is 0 Å². The summed E-state index contributed by atoms with van der Waals surface area (Å²) in [7, 11) is 0. The van der Waals surface area contributed by atoms with Gasteiger partial charge in [-0.2, -0.15) is 0 Å². The number of hydrogen-bond acceptors (Lipinski definition) is 13. The molecular formula is C21H32O13. The van der Waals surface area contributed by atoms with Gasteiger partial charge < -0.3 is 60.2 Å². The molecule has 13 heteroatoms. The van der Waals surface area contributed by atoms with E-state index in [9.17, 15) is 50.8 Å². The molecule has 2 heterocycles. The fourth-order valence-corrected chi connectivity index (χ4v) is 5.28. The molecule has 2 saturated carbocycles. The number of rotatable bonds is 4. The number of carbonyl (C=O) groups excluding carboxylic acids is 1. The molecule has 8 unspecified atom stereocenters. The molecule has 0 radical (unpaired) electrons. The maximum atomic E-state index is 13.0. The van der Waals surface area contributed by atoms with E-state index in [1.165, 1.54) is 0 Å². The van der Waals surface area contributed by atoms with Crippen LogP contribution < -0.4 is 0 Å². The lowest BCUT2D eigenvalue weighted by molar-refractivity contribution is -0.331. The quantitative estimate of drug-likeness (QED) is 0.183. The lowest BCUT2D eigenvalue weighted by atomic mass is 9.74. The van der Waals surface area contributed by atoms with Gasteiger partial charge in [-0.05, 0) is 19.3 Å². The molecule has 13 atom stereocenters. The van der Waals surface area contributed by atoms with Crippen LogP contribution in [0, 0.1) is 11.8 Å². The Morgan fingerprint density at radius 2 is 1.56 bits per heavy atom. The molecule has 0 aromatic heterocycles. The van der Waals surface area contributed by atoms with Gasteiger partial charge in [-0.15, -0.1) is 0 Å². The van der Waals surface area contributed by atoms with Gasteiger partial charge in [-0.3, -0.25) is 4.79 Å². The smallest absolute Gasteiger partial charge is 0.210 e. The minimum atomic E-state index is -1.77. The van der Waals surface area contributed by atoms with E-state index in [0.29, 0.717) is 6.42 Å². The first-order valence-electron chi connectivity index (χ1n) is 11.4. The first kappa shape index (κ1) is 25.7. The Kier molecular flexibility index (Phi) is 7.51. The van der Waals surface area contributed by atoms with Crippen LogP contribution in [-0.4, -0.2) is 126 Å². The van der Waals surface area contributed by atoms with Crippen LogP contribution in [0.1, 0.15) is 25.7 Å². The SMILES string of the molecule is O=C1C(O)=C(C2CCC(O)C(O)C2)OC2C(O[C@@H]3O[C@H](CO)[C@H](O)[C@@H](O)[C@H]3O)C(O)CC(O)C12. The van der Waals surface area contributed by atoms with Crippen molar-refractivity contribution in [2.75, 3.05) is 6.61 Å². The fourth-order valence-electron chi connectivity index (χ4n) is 5.28. The van der Waals surface area contributed by atoms with E-state index >= 15 is 0 Å². The molecule has 1 saturated heterocycles. The molecule has 34 heavy (non-hydrogen) atoms. The molecular weight excluding hydrogens is 460 g/mol. The maximum Gasteiger partial charge on any atom is 0.210 e. The van der Waals surface area contributed by atoms with Gasteiger partial charge in [0.2, 0.25) is 5.78 Å². The fraction of sp³-hybridized carbons (Fsp3) is 0.857. The third-order valence-corrected chi connectivity index (χ3v) is 7.28. The second kappa shape index (κ2) is 9.93. The first-order chi connectivity index (χ1) is 16.0. The predicted octanol–water partition coefficient (Wildman–Crippen LogP) is -3.83. The van der Waals surface area contributed by atoms with Gasteiger partial charge in [0.05, 0.1) is 36.9 Å². The van der Waals surface area contributed by atoms with Crippen LogP contribution in [0.2, 0.25) is 0 Å². The molecule has 194 valence electrons. The van der Waals surface area contributed by atoms with E-state index < -0.39 is 97.3 Å². The lowest BCUT2D eigenvalue weighted by Gasteiger charge is -2.48. The number of ketones is 1. The highest BCUT2D eigenvalue weighted by atomic mass is 16.7. The van der Waals surface area contributed by atoms with E-state index in [-0.39, 0.29) is 25.0 Å². The Balaban J connectivity index is 1.59. The molecule has 2 aliphatic carbocycles. The summed E-state index contributed by atoms with van der Waals surface area (Å²) in [6.07, 6.45) is -15.4. The van der Waals surface area contributed by atoms with Gasteiger partial charge in [0.25, 0.3) is 0 Å². The molecule has 13 nitrogen and oxygen atoms in total. The second-order valence-corrected chi connectivity index (χ2v) is 9.50. The third-order valence-electron chi connectivity index (χ3n) is 7.28. The molecule has 0 amide bonds. The minimum Gasteiger partial charge on any atom is -0.502 e. The summed E-state index contributed by atoms with van der Waals surface area (Å²) in [5.74, 6) is -3.64. The van der Waals surface area contributed by atoms with Crippen molar-refractivity contribution in [3.8, 4) is 0 Å². The number of aliphatic hydroxyl groups is 9. The maximum absolute atomic E-state index is 13.0. The highest BCUT2D eigenvalue weighted by Gasteiger charge is 2.56. The Morgan fingerprint density at radius 3 is 2.21 bits per heavy atom. The molecule has 9 N–H and O–H groups in total. The minimum absolute atomic E-state index is 0.00850. The number of aliphatic hydroxyl groups excluding tert-OH is 9. The highest BCUT2D eigenvalue weighted by Crippen LogP contribution is 2.43. The van der Waals surface area contributed by atoms with Crippen molar-refractivity contribution in [1.82, 2.24) is 0 Å². The van der Waals surface area contributed by atoms with Gasteiger partial charge >= 0.3 is 0 Å². The van der Waals surface area contributed by atoms with E-state index in [1.54, 1.807) is 0 Å². The molecule has 3 fully saturated rings. The van der Waals surface area contributed by atoms with Gasteiger partial charge in [0.15, 0.2) is 12.0 Å². The molecule has 0 aromatic carbocycles. The molecule has 0 bridgehead atoms. The zero-order valence-electron chi connectivity index (χ0n) is 18.2. The van der Waals surface area contributed by atoms with Crippen LogP contribution in [0.15, 0.2) is 11.5 Å². The molecule has 4 aliphatic rings. The summed E-state index contributed by atoms with van der Waals surface area (Å²) in [5, 5.41) is 91.1. The van der Waals surface area contributed by atoms with Crippen molar-refractivity contribution >= 4 is 5.78 Å². The number of fused-ring (bicyclic) bond motifs is 1. The van der Waals surface area contributed by atoms with Gasteiger partial charge in [0, 0.05) is 12.3 Å². The Bertz CT molecular complexity index is 787. The van der Waals surface area contributed by atoms with Crippen molar-refractivity contribution in [2.24, 2.45) is 11.8 Å². The molecule has 4 rings (SSSR count). The van der Waals surface area contributed by atoms with Crippen LogP contribution in [0.5, 0.6) is 0 Å². The number of Topliss-reactive ketones (excluding diaryl/α,β-unsaturated/α-hetero) is 1. The standard InChI is InChI=1S/C21H32O13/c22-5-11-13(27)15(29)17(31)21(32-11)34-19-10(26)4-9(25)12-14(28)16(30)18(33-20(12)19)6-1-2-7(23)8(24)3-6/h6-13,15,17,19-27,29-31H,1-5H2/t6?,7?,8?,9?,10?,11-,12?,13+,15-,17-,19?,20?,21+/m1/s1. The summed E-state index contributed by atoms with van der Waals surface area (Å²) in [4.78, 5) is 13.0. The lowest BCUT2D eigenvalue weighted by Crippen LogP contribution is -2.64. The highest BCUT2D eigenvalue weighted by molar-refractivity contribution is 5.97. The molecule has 2 aliphatic heterocycles. The number of carbonyl (C=O) groups is 1. The summed E-state index contributed by atoms with van der Waals surface area (Å²) < 4.78 is 16.9. The molecule has 0 spiro atoms. The second-order valence-electron chi connectivity index (χ2n) is 9.50. The Hall–Kier alpha value is -1.39. The Labute approximate surface area is 194 Å². The van der Waals surface area contributed by atoms with Gasteiger partial charge in [-0.25, -0.2) is 0 Å². The van der Waals surface area contributed by atoms with Crippen molar-refractivity contribution in [1.29, 1.82) is 0 Å². The average Bonchev–Trinajstić information content (AvgIpc) is 2.80. The number of hydrogen-bond donors (Lipinski definition) is 9. The van der Waals surface area contributed by atoms with E-state index in [0.717, 1.165) is 0 Å². The average molecular weight is 492 g/mol. The summed E-state index contributed by atoms with van der Waals surface area (Å²) in [5.41, 5.74) is 0. The molecule has 0 aromatic rings. The van der Waals surface area contributed by atoms with Crippen molar-refractivity contribution < 1.29 is 65.0 Å². The van der Waals surface area contributed by atoms with Gasteiger partial charge in [0.1, 0.15) is 42.4 Å². The Morgan fingerprint density at radius 1 is 0.853 bits per heavy atom. The van der Waals surface area contributed by atoms with E-state index in [1.807, 2.05) is 0 Å². The summed E-state index contributed by atoms with van der Waals surface area (Å²) in [6.45, 7) is -0.700. The third kappa shape index (κ3) is 4.46. The largest absolute Gasteiger partial charge is 0.502 e. The first-order valence-corrected chi connectivity index (χ1v) is 11.4. The monoisotopic (exact) mass is 492 g/mol. The zero-order valence-corrected chi connectivity index (χ0v) is 18.2. The number of allylic oxidation sites excluding steroid dienone is 2. The van der Waals surface area contributed by atoms with E-state index in [4.69, 9.17) is 14.2 Å². The van der Waals surface area contributed by atoms with Gasteiger partial charge in [-0.1, -0.05) is 0 Å². The van der Waals surface area contributed by atoms with Crippen molar-refractivity contribution in [3.05, 3.63) is 11.5 Å². The van der Waals surface area contributed by atoms with Crippen LogP contribution in [0.25, 0.3) is 0 Å². The number of ether oxygens (including phenoxy) is 3. The normalized spacial score (nSPS) is 50.0. The van der Waals surface area contributed by atoms with Crippen LogP contribution in [0.3, 0.4) is 0 Å². The van der Waals surface area contributed by atoms with Crippen molar-refractivity contribution in [3.63, 3.8) is 0 Å².